The molecule has 2 aromatic rings. The summed E-state index contributed by atoms with van der Waals surface area (Å²) in [6, 6.07) is 12.6. The molecular formula is C22H23F2N5O2. The third-order valence-electron chi connectivity index (χ3n) is 4.97. The molecule has 0 spiro atoms. The third-order valence-corrected chi connectivity index (χ3v) is 4.97. The molecule has 2 aromatic carbocycles. The summed E-state index contributed by atoms with van der Waals surface area (Å²) in [6.45, 7) is 2.94. The van der Waals surface area contributed by atoms with E-state index in [1.54, 1.807) is 12.1 Å². The van der Waals surface area contributed by atoms with Crippen molar-refractivity contribution in [2.24, 2.45) is 0 Å². The predicted octanol–water partition coefficient (Wildman–Crippen LogP) is 2.10. The van der Waals surface area contributed by atoms with Gasteiger partial charge in [0, 0.05) is 43.6 Å². The summed E-state index contributed by atoms with van der Waals surface area (Å²) in [5, 5.41) is 13.9. The van der Waals surface area contributed by atoms with Crippen LogP contribution >= 0.6 is 0 Å². The van der Waals surface area contributed by atoms with Crippen molar-refractivity contribution >= 4 is 23.2 Å². The lowest BCUT2D eigenvalue weighted by atomic mass is 10.2. The van der Waals surface area contributed by atoms with E-state index in [9.17, 15) is 18.4 Å². The second kappa shape index (κ2) is 10.5. The van der Waals surface area contributed by atoms with Crippen molar-refractivity contribution in [3.05, 3.63) is 59.7 Å². The topological polar surface area (TPSA) is 88.5 Å². The van der Waals surface area contributed by atoms with Gasteiger partial charge in [-0.3, -0.25) is 14.5 Å². The van der Waals surface area contributed by atoms with E-state index >= 15 is 0 Å². The van der Waals surface area contributed by atoms with Crippen molar-refractivity contribution in [2.45, 2.75) is 6.42 Å². The van der Waals surface area contributed by atoms with Crippen LogP contribution < -0.4 is 15.5 Å². The lowest BCUT2D eigenvalue weighted by molar-refractivity contribution is -0.125. The Labute approximate surface area is 179 Å². The molecule has 1 aliphatic rings. The van der Waals surface area contributed by atoms with Crippen LogP contribution in [-0.4, -0.2) is 56.0 Å². The minimum atomic E-state index is -1.06. The molecule has 0 radical (unpaired) electrons. The summed E-state index contributed by atoms with van der Waals surface area (Å²) in [7, 11) is 0. The Morgan fingerprint density at radius 1 is 0.968 bits per heavy atom. The number of nitrogens with zero attached hydrogens (tertiary/aromatic N) is 3. The van der Waals surface area contributed by atoms with E-state index in [0.29, 0.717) is 12.1 Å². The molecule has 31 heavy (non-hydrogen) atoms. The maximum Gasteiger partial charge on any atom is 0.243 e. The number of benzene rings is 2. The molecule has 2 N–H and O–H groups in total. The minimum Gasteiger partial charge on any atom is -0.370 e. The molecule has 1 saturated heterocycles. The summed E-state index contributed by atoms with van der Waals surface area (Å²) in [5.74, 6) is -2.87. The minimum absolute atomic E-state index is 0.119. The molecule has 2 amide bonds. The molecule has 1 aliphatic heterocycles. The van der Waals surface area contributed by atoms with E-state index in [1.807, 2.05) is 17.0 Å². The lowest BCUT2D eigenvalue weighted by Crippen LogP contribution is -2.41. The molecule has 3 rings (SSSR count). The second-order valence-corrected chi connectivity index (χ2v) is 7.23. The van der Waals surface area contributed by atoms with Gasteiger partial charge < -0.3 is 15.5 Å². The van der Waals surface area contributed by atoms with Gasteiger partial charge in [0.2, 0.25) is 11.8 Å². The van der Waals surface area contributed by atoms with E-state index in [1.165, 1.54) is 6.07 Å². The molecule has 162 valence electrons. The Balaban J connectivity index is 1.42. The highest BCUT2D eigenvalue weighted by Crippen LogP contribution is 2.17. The summed E-state index contributed by atoms with van der Waals surface area (Å²) < 4.78 is 26.1. The number of carbonyl (C=O) groups excluding carboxylic acids is 2. The quantitative estimate of drug-likeness (QED) is 0.737. The Hall–Kier alpha value is -3.51. The van der Waals surface area contributed by atoms with Crippen LogP contribution in [0.3, 0.4) is 0 Å². The number of anilines is 2. The summed E-state index contributed by atoms with van der Waals surface area (Å²) in [5.41, 5.74) is 1.78. The molecule has 9 heteroatoms. The van der Waals surface area contributed by atoms with Crippen LogP contribution in [0.5, 0.6) is 0 Å². The second-order valence-electron chi connectivity index (χ2n) is 7.23. The zero-order chi connectivity index (χ0) is 22.2. The number of carbonyl (C=O) groups is 2. The van der Waals surface area contributed by atoms with E-state index in [0.717, 1.165) is 43.9 Å². The molecule has 7 nitrogen and oxygen atoms in total. The standard InChI is InChI=1S/C22H23F2N5O2/c23-19-7-4-17(12-20(19)24)27-21(30)14-26-22(31)15-28-8-1-9-29(11-10-28)18-5-2-16(13-25)3-6-18/h2-7,12H,1,8-11,14-15H2,(H,26,31)(H,27,30). The van der Waals surface area contributed by atoms with Crippen molar-refractivity contribution in [3.63, 3.8) is 0 Å². The Bertz CT molecular complexity index is 975. The molecule has 0 aliphatic carbocycles. The predicted molar refractivity (Wildman–Crippen MR) is 112 cm³/mol. The summed E-state index contributed by atoms with van der Waals surface area (Å²) >= 11 is 0. The highest BCUT2D eigenvalue weighted by molar-refractivity contribution is 5.94. The van der Waals surface area contributed by atoms with Crippen molar-refractivity contribution in [1.29, 1.82) is 5.26 Å². The summed E-state index contributed by atoms with van der Waals surface area (Å²) in [4.78, 5) is 28.4. The molecule has 0 bridgehead atoms. The number of amides is 2. The van der Waals surface area contributed by atoms with Crippen LogP contribution in [0.1, 0.15) is 12.0 Å². The van der Waals surface area contributed by atoms with Crippen molar-refractivity contribution < 1.29 is 18.4 Å². The van der Waals surface area contributed by atoms with E-state index in [-0.39, 0.29) is 24.7 Å². The van der Waals surface area contributed by atoms with Gasteiger partial charge in [0.1, 0.15) is 0 Å². The highest BCUT2D eigenvalue weighted by Gasteiger charge is 2.18. The fourth-order valence-electron chi connectivity index (χ4n) is 3.35. The van der Waals surface area contributed by atoms with Gasteiger partial charge in [-0.05, 0) is 42.8 Å². The molecule has 1 fully saturated rings. The van der Waals surface area contributed by atoms with E-state index in [4.69, 9.17) is 5.26 Å². The molecule has 0 aromatic heterocycles. The molecular weight excluding hydrogens is 404 g/mol. The number of hydrogen-bond donors (Lipinski definition) is 2. The zero-order valence-corrected chi connectivity index (χ0v) is 16.9. The van der Waals surface area contributed by atoms with Crippen molar-refractivity contribution in [2.75, 3.05) is 49.5 Å². The SMILES string of the molecule is N#Cc1ccc(N2CCCN(CC(=O)NCC(=O)Nc3ccc(F)c(F)c3)CC2)cc1. The van der Waals surface area contributed by atoms with Gasteiger partial charge in [-0.25, -0.2) is 8.78 Å². The number of halogens is 2. The van der Waals surface area contributed by atoms with Crippen molar-refractivity contribution in [1.82, 2.24) is 10.2 Å². The molecule has 0 atom stereocenters. The first-order chi connectivity index (χ1) is 14.9. The zero-order valence-electron chi connectivity index (χ0n) is 16.9. The van der Waals surface area contributed by atoms with Crippen LogP contribution in [0.15, 0.2) is 42.5 Å². The Morgan fingerprint density at radius 2 is 1.74 bits per heavy atom. The maximum absolute atomic E-state index is 13.2. The average molecular weight is 427 g/mol. The molecule has 0 saturated carbocycles. The van der Waals surface area contributed by atoms with E-state index < -0.39 is 17.5 Å². The third kappa shape index (κ3) is 6.49. The van der Waals surface area contributed by atoms with Crippen LogP contribution in [0.25, 0.3) is 0 Å². The number of nitriles is 1. The van der Waals surface area contributed by atoms with Gasteiger partial charge in [0.15, 0.2) is 11.6 Å². The summed E-state index contributed by atoms with van der Waals surface area (Å²) in [6.07, 6.45) is 0.879. The first-order valence-corrected chi connectivity index (χ1v) is 9.93. The fourth-order valence-corrected chi connectivity index (χ4v) is 3.35. The Morgan fingerprint density at radius 3 is 2.45 bits per heavy atom. The molecule has 1 heterocycles. The van der Waals surface area contributed by atoms with Gasteiger partial charge in [-0.1, -0.05) is 0 Å². The Kier molecular flexibility index (Phi) is 7.51. The fraction of sp³-hybridized carbons (Fsp3) is 0.318. The lowest BCUT2D eigenvalue weighted by Gasteiger charge is -2.23. The normalized spacial score (nSPS) is 14.4. The smallest absolute Gasteiger partial charge is 0.243 e. The number of nitrogens with one attached hydrogen (secondary N) is 2. The first-order valence-electron chi connectivity index (χ1n) is 9.93. The largest absolute Gasteiger partial charge is 0.370 e. The van der Waals surface area contributed by atoms with E-state index in [2.05, 4.69) is 21.6 Å². The first kappa shape index (κ1) is 22.2. The van der Waals surface area contributed by atoms with Gasteiger partial charge >= 0.3 is 0 Å². The van der Waals surface area contributed by atoms with Crippen molar-refractivity contribution in [3.8, 4) is 6.07 Å². The highest BCUT2D eigenvalue weighted by atomic mass is 19.2. The average Bonchev–Trinajstić information content (AvgIpc) is 3.00. The van der Waals surface area contributed by atoms with Crippen LogP contribution in [0, 0.1) is 23.0 Å². The maximum atomic E-state index is 13.2. The molecule has 0 unspecified atom stereocenters. The van der Waals surface area contributed by atoms with Gasteiger partial charge in [-0.15, -0.1) is 0 Å². The van der Waals surface area contributed by atoms with Gasteiger partial charge in [0.25, 0.3) is 0 Å². The van der Waals surface area contributed by atoms with Crippen LogP contribution in [0.2, 0.25) is 0 Å². The van der Waals surface area contributed by atoms with Crippen LogP contribution in [-0.2, 0) is 9.59 Å². The number of rotatable bonds is 6. The monoisotopic (exact) mass is 427 g/mol. The van der Waals surface area contributed by atoms with Gasteiger partial charge in [0.05, 0.1) is 24.7 Å². The van der Waals surface area contributed by atoms with Gasteiger partial charge in [-0.2, -0.15) is 5.26 Å². The number of hydrogen-bond acceptors (Lipinski definition) is 5. The van der Waals surface area contributed by atoms with Crippen LogP contribution in [0.4, 0.5) is 20.2 Å².